The van der Waals surface area contributed by atoms with Crippen LogP contribution >= 0.6 is 0 Å². The lowest BCUT2D eigenvalue weighted by atomic mass is 9.89. The summed E-state index contributed by atoms with van der Waals surface area (Å²) >= 11 is 0. The van der Waals surface area contributed by atoms with Crippen molar-refractivity contribution in [2.45, 2.75) is 10.6 Å². The maximum atomic E-state index is 14.3. The largest absolute Gasteiger partial charge is 0.448 e. The summed E-state index contributed by atoms with van der Waals surface area (Å²) in [5, 5.41) is 8.58. The molecule has 1 unspecified atom stereocenters. The number of sulfonamides is 1. The molecule has 1 aliphatic rings. The van der Waals surface area contributed by atoms with E-state index in [1.54, 1.807) is 48.7 Å². The Labute approximate surface area is 188 Å². The molecule has 0 saturated carbocycles. The minimum Gasteiger partial charge on any atom is -0.448 e. The monoisotopic (exact) mass is 465 g/mol. The molecule has 1 aromatic heterocycles. The van der Waals surface area contributed by atoms with Gasteiger partial charge in [0.25, 0.3) is 0 Å². The Bertz CT molecular complexity index is 1500. The van der Waals surface area contributed by atoms with E-state index >= 15 is 0 Å². The molecule has 0 aliphatic carbocycles. The summed E-state index contributed by atoms with van der Waals surface area (Å²) in [7, 11) is -3.95. The zero-order valence-corrected chi connectivity index (χ0v) is 17.8. The molecule has 9 heteroatoms. The molecule has 2 heterocycles. The van der Waals surface area contributed by atoms with Gasteiger partial charge in [0.15, 0.2) is 17.3 Å². The van der Waals surface area contributed by atoms with Crippen molar-refractivity contribution in [3.63, 3.8) is 0 Å². The highest BCUT2D eigenvalue weighted by molar-refractivity contribution is 7.89. The molecule has 166 valence electrons. The summed E-state index contributed by atoms with van der Waals surface area (Å²) in [6, 6.07) is 18.6. The van der Waals surface area contributed by atoms with Gasteiger partial charge in [0.05, 0.1) is 16.7 Å². The van der Waals surface area contributed by atoms with Crippen molar-refractivity contribution in [3.8, 4) is 11.1 Å². The van der Waals surface area contributed by atoms with E-state index in [4.69, 9.17) is 14.5 Å². The number of nitrogens with two attached hydrogens (primary N) is 1. The van der Waals surface area contributed by atoms with Crippen molar-refractivity contribution in [2.24, 2.45) is 10.1 Å². The van der Waals surface area contributed by atoms with Crippen molar-refractivity contribution in [1.82, 2.24) is 0 Å². The van der Waals surface area contributed by atoms with Gasteiger partial charge in [-0.15, -0.1) is 0 Å². The topological polar surface area (TPSA) is 97.7 Å². The predicted molar refractivity (Wildman–Crippen MR) is 120 cm³/mol. The van der Waals surface area contributed by atoms with Crippen LogP contribution in [0.15, 0.2) is 93.4 Å². The lowest BCUT2D eigenvalue weighted by molar-refractivity contribution is 0.511. The second-order valence-corrected chi connectivity index (χ2v) is 9.11. The predicted octanol–water partition coefficient (Wildman–Crippen LogP) is 4.62. The first kappa shape index (κ1) is 21.0. The standard InChI is InChI=1S/C24H17F2N3O3S/c25-21-6-2-5-20(22(21)26)15-7-9-17(10-8-15)24(28-14-16-11-12-32-23(16)29-24)18-3-1-4-19(13-18)33(27,30)31/h1-14,29H,(H2,27,30,31). The number of anilines is 1. The summed E-state index contributed by atoms with van der Waals surface area (Å²) < 4.78 is 57.4. The Balaban J connectivity index is 1.66. The van der Waals surface area contributed by atoms with Gasteiger partial charge in [0.2, 0.25) is 15.9 Å². The SMILES string of the molecule is NS(=O)(=O)c1cccc(C2(c3ccc(-c4cccc(F)c4F)cc3)N=Cc3ccoc3N2)c1. The maximum Gasteiger partial charge on any atom is 0.238 e. The second-order valence-electron chi connectivity index (χ2n) is 7.55. The van der Waals surface area contributed by atoms with Crippen LogP contribution in [0.3, 0.4) is 0 Å². The van der Waals surface area contributed by atoms with Crippen molar-refractivity contribution in [1.29, 1.82) is 0 Å². The number of furan rings is 1. The fourth-order valence-electron chi connectivity index (χ4n) is 3.86. The van der Waals surface area contributed by atoms with E-state index in [1.165, 1.54) is 30.5 Å². The fourth-order valence-corrected chi connectivity index (χ4v) is 4.42. The molecule has 3 aromatic carbocycles. The van der Waals surface area contributed by atoms with Crippen molar-refractivity contribution in [3.05, 3.63) is 107 Å². The minimum atomic E-state index is -3.95. The Morgan fingerprint density at radius 1 is 0.939 bits per heavy atom. The highest BCUT2D eigenvalue weighted by Gasteiger charge is 2.38. The van der Waals surface area contributed by atoms with Gasteiger partial charge in [-0.05, 0) is 29.8 Å². The van der Waals surface area contributed by atoms with Gasteiger partial charge < -0.3 is 9.73 Å². The molecule has 3 N–H and O–H groups in total. The first-order chi connectivity index (χ1) is 15.8. The van der Waals surface area contributed by atoms with Crippen LogP contribution in [0.5, 0.6) is 0 Å². The van der Waals surface area contributed by atoms with Crippen LogP contribution in [0.25, 0.3) is 11.1 Å². The van der Waals surface area contributed by atoms with Gasteiger partial charge in [-0.1, -0.05) is 48.5 Å². The van der Waals surface area contributed by atoms with E-state index in [1.807, 2.05) is 0 Å². The Morgan fingerprint density at radius 2 is 1.70 bits per heavy atom. The van der Waals surface area contributed by atoms with E-state index < -0.39 is 27.3 Å². The highest BCUT2D eigenvalue weighted by Crippen LogP contribution is 2.40. The number of fused-ring (bicyclic) bond motifs is 1. The van der Waals surface area contributed by atoms with Gasteiger partial charge in [0, 0.05) is 22.9 Å². The van der Waals surface area contributed by atoms with Gasteiger partial charge in [-0.2, -0.15) is 0 Å². The number of nitrogens with zero attached hydrogens (tertiary/aromatic N) is 1. The molecule has 1 aliphatic heterocycles. The third-order valence-electron chi connectivity index (χ3n) is 5.53. The molecule has 0 radical (unpaired) electrons. The Kier molecular flexibility index (Phi) is 4.88. The summed E-state index contributed by atoms with van der Waals surface area (Å²) in [5.74, 6) is -1.42. The number of rotatable bonds is 4. The molecule has 0 spiro atoms. The molecular weight excluding hydrogens is 448 g/mol. The smallest absolute Gasteiger partial charge is 0.238 e. The van der Waals surface area contributed by atoms with Crippen LogP contribution in [0.4, 0.5) is 14.7 Å². The summed E-state index contributed by atoms with van der Waals surface area (Å²) in [4.78, 5) is 4.64. The molecule has 1 atom stereocenters. The molecule has 0 fully saturated rings. The van der Waals surface area contributed by atoms with Crippen molar-refractivity contribution >= 4 is 22.1 Å². The van der Waals surface area contributed by atoms with E-state index in [0.29, 0.717) is 22.6 Å². The number of hydrogen-bond acceptors (Lipinski definition) is 5. The Hall–Kier alpha value is -3.82. The number of primary sulfonamides is 1. The molecule has 33 heavy (non-hydrogen) atoms. The van der Waals surface area contributed by atoms with Crippen molar-refractivity contribution < 1.29 is 21.6 Å². The Morgan fingerprint density at radius 3 is 2.45 bits per heavy atom. The third-order valence-corrected chi connectivity index (χ3v) is 6.44. The normalized spacial score (nSPS) is 17.4. The third kappa shape index (κ3) is 3.61. The van der Waals surface area contributed by atoms with E-state index in [-0.39, 0.29) is 10.5 Å². The molecule has 0 amide bonds. The number of aliphatic imine (C=N–C) groups is 1. The lowest BCUT2D eigenvalue weighted by Crippen LogP contribution is -2.37. The number of nitrogens with one attached hydrogen (secondary N) is 1. The number of benzene rings is 3. The number of halogens is 2. The van der Waals surface area contributed by atoms with Crippen LogP contribution in [-0.4, -0.2) is 14.6 Å². The minimum absolute atomic E-state index is 0.0694. The molecule has 5 rings (SSSR count). The summed E-state index contributed by atoms with van der Waals surface area (Å²) in [6.45, 7) is 0. The van der Waals surface area contributed by atoms with Crippen LogP contribution in [-0.2, 0) is 15.7 Å². The van der Waals surface area contributed by atoms with Crippen LogP contribution in [0.1, 0.15) is 16.7 Å². The first-order valence-electron chi connectivity index (χ1n) is 9.87. The quantitative estimate of drug-likeness (QED) is 0.460. The fraction of sp³-hybridized carbons (Fsp3) is 0.0417. The van der Waals surface area contributed by atoms with E-state index in [9.17, 15) is 17.2 Å². The van der Waals surface area contributed by atoms with Crippen LogP contribution in [0.2, 0.25) is 0 Å². The zero-order chi connectivity index (χ0) is 23.2. The zero-order valence-electron chi connectivity index (χ0n) is 17.0. The molecular formula is C24H17F2N3O3S. The molecule has 6 nitrogen and oxygen atoms in total. The molecule has 0 saturated heterocycles. The highest BCUT2D eigenvalue weighted by atomic mass is 32.2. The van der Waals surface area contributed by atoms with Crippen molar-refractivity contribution in [2.75, 3.05) is 5.32 Å². The van der Waals surface area contributed by atoms with Gasteiger partial charge >= 0.3 is 0 Å². The summed E-state index contributed by atoms with van der Waals surface area (Å²) in [6.07, 6.45) is 3.13. The molecule has 4 aromatic rings. The average Bonchev–Trinajstić information content (AvgIpc) is 3.28. The summed E-state index contributed by atoms with van der Waals surface area (Å²) in [5.41, 5.74) is 1.20. The van der Waals surface area contributed by atoms with E-state index in [2.05, 4.69) is 5.32 Å². The average molecular weight is 465 g/mol. The molecule has 0 bridgehead atoms. The van der Waals surface area contributed by atoms with Crippen LogP contribution < -0.4 is 10.5 Å². The van der Waals surface area contributed by atoms with Gasteiger partial charge in [0.1, 0.15) is 0 Å². The maximum absolute atomic E-state index is 14.3. The van der Waals surface area contributed by atoms with Gasteiger partial charge in [-0.3, -0.25) is 4.99 Å². The number of hydrogen-bond donors (Lipinski definition) is 2. The van der Waals surface area contributed by atoms with Crippen LogP contribution in [0, 0.1) is 11.6 Å². The van der Waals surface area contributed by atoms with Gasteiger partial charge in [-0.25, -0.2) is 22.3 Å². The van der Waals surface area contributed by atoms with E-state index in [0.717, 1.165) is 11.6 Å². The second kappa shape index (κ2) is 7.65. The lowest BCUT2D eigenvalue weighted by Gasteiger charge is -2.34. The first-order valence-corrected chi connectivity index (χ1v) is 11.4.